The van der Waals surface area contributed by atoms with E-state index >= 15 is 0 Å². The number of nitrogens with two attached hydrogens (primary N) is 1. The third-order valence-electron chi connectivity index (χ3n) is 4.10. The van der Waals surface area contributed by atoms with E-state index in [0.717, 1.165) is 5.56 Å². The number of nitrogens with zero attached hydrogens (tertiary/aromatic N) is 1. The molecule has 0 bridgehead atoms. The van der Waals surface area contributed by atoms with Crippen LogP contribution in [0.15, 0.2) is 59.5 Å². The number of hydrogen-bond donors (Lipinski definition) is 2. The molecule has 7 nitrogen and oxygen atoms in total. The van der Waals surface area contributed by atoms with Crippen molar-refractivity contribution >= 4 is 21.8 Å². The Balaban J connectivity index is 1.97. The minimum absolute atomic E-state index is 0.0116. The van der Waals surface area contributed by atoms with Gasteiger partial charge in [0.2, 0.25) is 15.9 Å². The maximum absolute atomic E-state index is 12.3. The van der Waals surface area contributed by atoms with Gasteiger partial charge in [0.05, 0.1) is 17.5 Å². The van der Waals surface area contributed by atoms with Crippen molar-refractivity contribution in [1.82, 2.24) is 10.2 Å². The second kappa shape index (κ2) is 8.11. The Bertz CT molecular complexity index is 880. The van der Waals surface area contributed by atoms with E-state index in [4.69, 9.17) is 5.14 Å². The fourth-order valence-corrected chi connectivity index (χ4v) is 2.86. The molecular weight excluding hydrogens is 354 g/mol. The number of carbonyl (C=O) groups is 2. The van der Waals surface area contributed by atoms with Gasteiger partial charge in [-0.15, -0.1) is 0 Å². The summed E-state index contributed by atoms with van der Waals surface area (Å²) in [4.78, 5) is 25.8. The normalized spacial score (nSPS) is 12.3. The van der Waals surface area contributed by atoms with E-state index in [9.17, 15) is 18.0 Å². The molecule has 0 aromatic heterocycles. The third-order valence-corrected chi connectivity index (χ3v) is 5.03. The molecule has 3 N–H and O–H groups in total. The van der Waals surface area contributed by atoms with Gasteiger partial charge >= 0.3 is 0 Å². The number of nitrogens with one attached hydrogen (secondary N) is 1. The molecule has 2 aromatic rings. The van der Waals surface area contributed by atoms with Crippen LogP contribution >= 0.6 is 0 Å². The van der Waals surface area contributed by atoms with Gasteiger partial charge in [0.15, 0.2) is 0 Å². The van der Waals surface area contributed by atoms with E-state index in [0.29, 0.717) is 5.56 Å². The number of likely N-dealkylation sites (N-methyl/N-ethyl adjacent to an activating group) is 1. The molecule has 26 heavy (non-hydrogen) atoms. The number of carbonyl (C=O) groups excluding carboxylic acids is 2. The lowest BCUT2D eigenvalue weighted by Gasteiger charge is -2.25. The van der Waals surface area contributed by atoms with Gasteiger partial charge in [-0.05, 0) is 36.8 Å². The molecule has 0 aliphatic carbocycles. The highest BCUT2D eigenvalue weighted by molar-refractivity contribution is 7.89. The lowest BCUT2D eigenvalue weighted by Crippen LogP contribution is -2.39. The van der Waals surface area contributed by atoms with Crippen LogP contribution in [-0.4, -0.2) is 38.7 Å². The molecule has 0 aliphatic rings. The zero-order valence-corrected chi connectivity index (χ0v) is 15.4. The summed E-state index contributed by atoms with van der Waals surface area (Å²) in [6.45, 7) is 1.67. The molecule has 138 valence electrons. The standard InChI is InChI=1S/C18H21N3O4S/c1-13(14-8-10-16(11-9-14)26(19,24)25)21(2)17(22)12-20-18(23)15-6-4-3-5-7-15/h3-11,13H,12H2,1-2H3,(H,20,23)(H2,19,24,25)/t13-/m1/s1. The molecule has 8 heteroatoms. The van der Waals surface area contributed by atoms with Gasteiger partial charge < -0.3 is 10.2 Å². The molecule has 1 atom stereocenters. The van der Waals surface area contributed by atoms with Crippen LogP contribution in [0.4, 0.5) is 0 Å². The summed E-state index contributed by atoms with van der Waals surface area (Å²) >= 11 is 0. The van der Waals surface area contributed by atoms with Gasteiger partial charge in [-0.3, -0.25) is 9.59 Å². The van der Waals surface area contributed by atoms with Crippen molar-refractivity contribution in [3.8, 4) is 0 Å². The largest absolute Gasteiger partial charge is 0.343 e. The highest BCUT2D eigenvalue weighted by Crippen LogP contribution is 2.20. The molecule has 2 rings (SSSR count). The Morgan fingerprint density at radius 2 is 1.65 bits per heavy atom. The first-order valence-electron chi connectivity index (χ1n) is 7.92. The van der Waals surface area contributed by atoms with Crippen molar-refractivity contribution in [2.24, 2.45) is 5.14 Å². The zero-order valence-electron chi connectivity index (χ0n) is 14.5. The van der Waals surface area contributed by atoms with Crippen LogP contribution < -0.4 is 10.5 Å². The van der Waals surface area contributed by atoms with E-state index in [1.165, 1.54) is 17.0 Å². The minimum atomic E-state index is -3.75. The van der Waals surface area contributed by atoms with Crippen LogP contribution in [0.3, 0.4) is 0 Å². The van der Waals surface area contributed by atoms with Gasteiger partial charge in [-0.2, -0.15) is 0 Å². The van der Waals surface area contributed by atoms with E-state index < -0.39 is 10.0 Å². The minimum Gasteiger partial charge on any atom is -0.343 e. The number of rotatable bonds is 6. The highest BCUT2D eigenvalue weighted by Gasteiger charge is 2.19. The van der Waals surface area contributed by atoms with Crippen LogP contribution in [0.25, 0.3) is 0 Å². The molecule has 0 fully saturated rings. The van der Waals surface area contributed by atoms with Crippen molar-refractivity contribution < 1.29 is 18.0 Å². The zero-order chi connectivity index (χ0) is 19.3. The Morgan fingerprint density at radius 3 is 2.19 bits per heavy atom. The summed E-state index contributed by atoms with van der Waals surface area (Å²) in [6, 6.07) is 14.3. The van der Waals surface area contributed by atoms with E-state index in [1.807, 2.05) is 6.92 Å². The van der Waals surface area contributed by atoms with Gasteiger partial charge in [-0.25, -0.2) is 13.6 Å². The van der Waals surface area contributed by atoms with Crippen molar-refractivity contribution in [2.75, 3.05) is 13.6 Å². The van der Waals surface area contributed by atoms with E-state index in [1.54, 1.807) is 49.5 Å². The summed E-state index contributed by atoms with van der Waals surface area (Å²) in [7, 11) is -2.13. The quantitative estimate of drug-likeness (QED) is 0.792. The molecule has 0 saturated carbocycles. The maximum Gasteiger partial charge on any atom is 0.251 e. The maximum atomic E-state index is 12.3. The predicted molar refractivity (Wildman–Crippen MR) is 97.8 cm³/mol. The van der Waals surface area contributed by atoms with Crippen LogP contribution in [-0.2, 0) is 14.8 Å². The predicted octanol–water partition coefficient (Wildman–Crippen LogP) is 1.28. The van der Waals surface area contributed by atoms with Crippen molar-refractivity contribution in [3.05, 3.63) is 65.7 Å². The second-order valence-corrected chi connectivity index (χ2v) is 7.40. The Morgan fingerprint density at radius 1 is 1.08 bits per heavy atom. The van der Waals surface area contributed by atoms with Crippen LogP contribution in [0.2, 0.25) is 0 Å². The molecule has 0 spiro atoms. The lowest BCUT2D eigenvalue weighted by atomic mass is 10.1. The smallest absolute Gasteiger partial charge is 0.251 e. The first-order valence-corrected chi connectivity index (χ1v) is 9.46. The fraction of sp³-hybridized carbons (Fsp3) is 0.222. The number of benzene rings is 2. The second-order valence-electron chi connectivity index (χ2n) is 5.84. The van der Waals surface area contributed by atoms with Crippen molar-refractivity contribution in [1.29, 1.82) is 0 Å². The van der Waals surface area contributed by atoms with Gasteiger partial charge in [0.25, 0.3) is 5.91 Å². The van der Waals surface area contributed by atoms with Gasteiger partial charge in [-0.1, -0.05) is 30.3 Å². The molecule has 2 amide bonds. The highest BCUT2D eigenvalue weighted by atomic mass is 32.2. The summed E-state index contributed by atoms with van der Waals surface area (Å²) in [6.07, 6.45) is 0. The average Bonchev–Trinajstić information content (AvgIpc) is 2.64. The number of hydrogen-bond acceptors (Lipinski definition) is 4. The number of sulfonamides is 1. The molecular formula is C18H21N3O4S. The van der Waals surface area contributed by atoms with Crippen molar-refractivity contribution in [2.45, 2.75) is 17.9 Å². The summed E-state index contributed by atoms with van der Waals surface area (Å²) in [5, 5.41) is 7.66. The van der Waals surface area contributed by atoms with Crippen molar-refractivity contribution in [3.63, 3.8) is 0 Å². The number of amides is 2. The summed E-state index contributed by atoms with van der Waals surface area (Å²) < 4.78 is 22.6. The lowest BCUT2D eigenvalue weighted by molar-refractivity contribution is -0.130. The van der Waals surface area contributed by atoms with Crippen LogP contribution in [0.1, 0.15) is 28.9 Å². The molecule has 2 aromatic carbocycles. The van der Waals surface area contributed by atoms with E-state index in [2.05, 4.69) is 5.32 Å². The van der Waals surface area contributed by atoms with Crippen LogP contribution in [0, 0.1) is 0 Å². The first-order chi connectivity index (χ1) is 12.2. The van der Waals surface area contributed by atoms with Gasteiger partial charge in [0, 0.05) is 12.6 Å². The Hall–Kier alpha value is -2.71. The SMILES string of the molecule is C[C@H](c1ccc(S(N)(=O)=O)cc1)N(C)C(=O)CNC(=O)c1ccccc1. The Labute approximate surface area is 152 Å². The first kappa shape index (κ1) is 19.6. The van der Waals surface area contributed by atoms with Gasteiger partial charge in [0.1, 0.15) is 0 Å². The summed E-state index contributed by atoms with van der Waals surface area (Å²) in [5.41, 5.74) is 1.23. The molecule has 0 unspecified atom stereocenters. The summed E-state index contributed by atoms with van der Waals surface area (Å²) in [5.74, 6) is -0.588. The molecule has 0 saturated heterocycles. The van der Waals surface area contributed by atoms with Crippen LogP contribution in [0.5, 0.6) is 0 Å². The monoisotopic (exact) mass is 375 g/mol. The fourth-order valence-electron chi connectivity index (χ4n) is 2.35. The number of primary sulfonamides is 1. The molecule has 0 radical (unpaired) electrons. The molecule has 0 heterocycles. The third kappa shape index (κ3) is 4.90. The topological polar surface area (TPSA) is 110 Å². The average molecular weight is 375 g/mol. The van der Waals surface area contributed by atoms with E-state index in [-0.39, 0.29) is 29.3 Å². The molecule has 0 aliphatic heterocycles. The Kier molecular flexibility index (Phi) is 6.12.